The SMILES string of the molecule is [2H]C([2H])([2H])C([2H])([2H])C(=O)NCCN1Cc2nc(NCc3ccc(F)cc3F)ccc2C1=O. The van der Waals surface area contributed by atoms with E-state index in [1.165, 1.54) is 11.0 Å². The van der Waals surface area contributed by atoms with Gasteiger partial charge in [-0.25, -0.2) is 13.8 Å². The summed E-state index contributed by atoms with van der Waals surface area (Å²) in [7, 11) is 0. The summed E-state index contributed by atoms with van der Waals surface area (Å²) in [6, 6.07) is 6.36. The minimum atomic E-state index is -3.11. The lowest BCUT2D eigenvalue weighted by Crippen LogP contribution is -2.34. The minimum absolute atomic E-state index is 0.0293. The van der Waals surface area contributed by atoms with E-state index in [2.05, 4.69) is 15.6 Å². The zero-order valence-corrected chi connectivity index (χ0v) is 14.2. The van der Waals surface area contributed by atoms with Crippen LogP contribution in [0.4, 0.5) is 14.6 Å². The lowest BCUT2D eigenvalue weighted by Gasteiger charge is -2.15. The van der Waals surface area contributed by atoms with Gasteiger partial charge < -0.3 is 15.5 Å². The third-order valence-electron chi connectivity index (χ3n) is 4.09. The van der Waals surface area contributed by atoms with Gasteiger partial charge in [0.1, 0.15) is 17.5 Å². The summed E-state index contributed by atoms with van der Waals surface area (Å²) in [6.45, 7) is -3.02. The van der Waals surface area contributed by atoms with Crippen molar-refractivity contribution in [1.82, 2.24) is 15.2 Å². The number of hydrogen-bond donors (Lipinski definition) is 2. The molecule has 1 aliphatic rings. The molecular weight excluding hydrogens is 354 g/mol. The fourth-order valence-electron chi connectivity index (χ4n) is 2.72. The molecule has 0 bridgehead atoms. The Hall–Kier alpha value is -3.03. The Labute approximate surface area is 162 Å². The van der Waals surface area contributed by atoms with Crippen molar-refractivity contribution in [1.29, 1.82) is 0 Å². The number of halogens is 2. The van der Waals surface area contributed by atoms with E-state index in [-0.39, 0.29) is 37.6 Å². The molecule has 142 valence electrons. The van der Waals surface area contributed by atoms with E-state index in [4.69, 9.17) is 6.85 Å². The molecule has 0 aliphatic carbocycles. The number of amides is 2. The van der Waals surface area contributed by atoms with Gasteiger partial charge in [-0.2, -0.15) is 0 Å². The van der Waals surface area contributed by atoms with Crippen LogP contribution in [-0.2, 0) is 17.9 Å². The third-order valence-corrected chi connectivity index (χ3v) is 4.09. The van der Waals surface area contributed by atoms with Crippen molar-refractivity contribution in [2.24, 2.45) is 0 Å². The van der Waals surface area contributed by atoms with Gasteiger partial charge in [0.25, 0.3) is 5.91 Å². The van der Waals surface area contributed by atoms with Gasteiger partial charge in [0.05, 0.1) is 17.8 Å². The molecule has 2 heterocycles. The monoisotopic (exact) mass is 379 g/mol. The quantitative estimate of drug-likeness (QED) is 0.775. The Bertz CT molecular complexity index is 1050. The van der Waals surface area contributed by atoms with Crippen LogP contribution in [0.5, 0.6) is 0 Å². The average Bonchev–Trinajstić information content (AvgIpc) is 3.01. The van der Waals surface area contributed by atoms with E-state index in [1.807, 2.05) is 0 Å². The molecule has 0 unspecified atom stereocenters. The first-order valence-electron chi connectivity index (χ1n) is 10.7. The lowest BCUT2D eigenvalue weighted by atomic mass is 10.2. The minimum Gasteiger partial charge on any atom is -0.366 e. The zero-order chi connectivity index (χ0) is 23.7. The first-order valence-corrected chi connectivity index (χ1v) is 8.15. The van der Waals surface area contributed by atoms with Crippen molar-refractivity contribution in [2.45, 2.75) is 26.3 Å². The Morgan fingerprint density at radius 2 is 2.22 bits per heavy atom. The maximum Gasteiger partial charge on any atom is 0.256 e. The van der Waals surface area contributed by atoms with Crippen molar-refractivity contribution in [2.75, 3.05) is 18.4 Å². The first-order chi connectivity index (χ1) is 14.9. The highest BCUT2D eigenvalue weighted by Crippen LogP contribution is 2.23. The summed E-state index contributed by atoms with van der Waals surface area (Å²) >= 11 is 0. The number of pyridine rings is 1. The van der Waals surface area contributed by atoms with Crippen LogP contribution in [0.15, 0.2) is 30.3 Å². The molecule has 0 fully saturated rings. The first kappa shape index (κ1) is 13.2. The molecule has 1 aromatic carbocycles. The number of rotatable bonds is 7. The molecule has 2 amide bonds. The molecule has 1 aliphatic heterocycles. The van der Waals surface area contributed by atoms with Crippen LogP contribution in [0.3, 0.4) is 0 Å². The maximum absolute atomic E-state index is 13.8. The molecule has 6 nitrogen and oxygen atoms in total. The summed E-state index contributed by atoms with van der Waals surface area (Å²) in [5.74, 6) is -2.59. The summed E-state index contributed by atoms with van der Waals surface area (Å²) in [5, 5.41) is 5.11. The highest BCUT2D eigenvalue weighted by Gasteiger charge is 2.28. The highest BCUT2D eigenvalue weighted by molar-refractivity contribution is 5.98. The Balaban J connectivity index is 1.57. The molecular formula is C19H20F2N4O2. The van der Waals surface area contributed by atoms with Gasteiger partial charge in [0.2, 0.25) is 5.91 Å². The van der Waals surface area contributed by atoms with Crippen molar-refractivity contribution in [3.63, 3.8) is 0 Å². The van der Waals surface area contributed by atoms with Gasteiger partial charge in [-0.05, 0) is 18.2 Å². The standard InChI is InChI=1S/C19H20F2N4O2/c1-2-18(26)22-7-8-25-11-16-14(19(25)27)5-6-17(24-16)23-10-12-3-4-13(20)9-15(12)21/h3-6,9H,2,7-8,10-11H2,1H3,(H,22,26)(H,23,24)/i1D3,2D2. The molecule has 2 aromatic rings. The van der Waals surface area contributed by atoms with E-state index in [1.54, 1.807) is 12.1 Å². The predicted molar refractivity (Wildman–Crippen MR) is 96.0 cm³/mol. The van der Waals surface area contributed by atoms with E-state index in [9.17, 15) is 18.4 Å². The van der Waals surface area contributed by atoms with Gasteiger partial charge in [0.15, 0.2) is 0 Å². The van der Waals surface area contributed by atoms with Gasteiger partial charge in [0, 0.05) is 44.5 Å². The lowest BCUT2D eigenvalue weighted by molar-refractivity contribution is -0.120. The van der Waals surface area contributed by atoms with E-state index < -0.39 is 30.8 Å². The van der Waals surface area contributed by atoms with Gasteiger partial charge in [-0.1, -0.05) is 12.9 Å². The summed E-state index contributed by atoms with van der Waals surface area (Å²) in [6.07, 6.45) is -3.04. The number of aromatic nitrogens is 1. The second-order valence-corrected chi connectivity index (χ2v) is 5.89. The predicted octanol–water partition coefficient (Wildman–Crippen LogP) is 2.45. The van der Waals surface area contributed by atoms with Gasteiger partial charge in [-0.15, -0.1) is 0 Å². The number of anilines is 1. The van der Waals surface area contributed by atoms with E-state index in [0.29, 0.717) is 17.1 Å². The average molecular weight is 379 g/mol. The topological polar surface area (TPSA) is 74.3 Å². The van der Waals surface area contributed by atoms with Crippen LogP contribution in [0, 0.1) is 11.6 Å². The van der Waals surface area contributed by atoms with Crippen LogP contribution in [0.25, 0.3) is 0 Å². The summed E-state index contributed by atoms with van der Waals surface area (Å²) in [4.78, 5) is 30.1. The molecule has 27 heavy (non-hydrogen) atoms. The Morgan fingerprint density at radius 1 is 1.37 bits per heavy atom. The number of nitrogens with zero attached hydrogens (tertiary/aromatic N) is 2. The normalized spacial score (nSPS) is 16.6. The van der Waals surface area contributed by atoms with E-state index in [0.717, 1.165) is 12.1 Å². The molecule has 0 saturated heterocycles. The van der Waals surface area contributed by atoms with Crippen molar-refractivity contribution >= 4 is 17.6 Å². The van der Waals surface area contributed by atoms with Gasteiger partial charge >= 0.3 is 0 Å². The number of fused-ring (bicyclic) bond motifs is 1. The smallest absolute Gasteiger partial charge is 0.256 e. The molecule has 1 aromatic heterocycles. The third kappa shape index (κ3) is 4.39. The fraction of sp³-hybridized carbons (Fsp3) is 0.316. The molecule has 2 N–H and O–H groups in total. The van der Waals surface area contributed by atoms with Crippen LogP contribution >= 0.6 is 0 Å². The van der Waals surface area contributed by atoms with Crippen LogP contribution in [0.1, 0.15) is 41.7 Å². The number of hydrogen-bond acceptors (Lipinski definition) is 4. The molecule has 0 radical (unpaired) electrons. The molecule has 8 heteroatoms. The van der Waals surface area contributed by atoms with Crippen LogP contribution < -0.4 is 10.6 Å². The molecule has 3 rings (SSSR count). The summed E-state index contributed by atoms with van der Waals surface area (Å²) in [5.41, 5.74) is 1.07. The zero-order valence-electron chi connectivity index (χ0n) is 19.2. The summed E-state index contributed by atoms with van der Waals surface area (Å²) < 4.78 is 62.9. The number of nitrogens with one attached hydrogen (secondary N) is 2. The number of carbonyl (C=O) groups excluding carboxylic acids is 2. The van der Waals surface area contributed by atoms with Crippen molar-refractivity contribution < 1.29 is 25.2 Å². The molecule has 0 saturated carbocycles. The molecule has 0 spiro atoms. The second-order valence-electron chi connectivity index (χ2n) is 5.89. The molecule has 0 atom stereocenters. The highest BCUT2D eigenvalue weighted by atomic mass is 19.1. The van der Waals surface area contributed by atoms with Crippen molar-refractivity contribution in [3.8, 4) is 0 Å². The Kier molecular flexibility index (Phi) is 3.96. The number of carbonyl (C=O) groups is 2. The fourth-order valence-corrected chi connectivity index (χ4v) is 2.72. The number of benzene rings is 1. The second kappa shape index (κ2) is 8.11. The van der Waals surface area contributed by atoms with Crippen molar-refractivity contribution in [3.05, 3.63) is 58.8 Å². The van der Waals surface area contributed by atoms with Gasteiger partial charge in [-0.3, -0.25) is 9.59 Å². The maximum atomic E-state index is 13.8. The Morgan fingerprint density at radius 3 is 3.00 bits per heavy atom. The van der Waals surface area contributed by atoms with Crippen LogP contribution in [0.2, 0.25) is 0 Å². The largest absolute Gasteiger partial charge is 0.366 e. The van der Waals surface area contributed by atoms with Crippen LogP contribution in [-0.4, -0.2) is 34.8 Å². The van der Waals surface area contributed by atoms with E-state index >= 15 is 0 Å².